The van der Waals surface area contributed by atoms with Gasteiger partial charge in [-0.1, -0.05) is 13.8 Å². The van der Waals surface area contributed by atoms with E-state index < -0.39 is 0 Å². The van der Waals surface area contributed by atoms with Gasteiger partial charge in [-0.3, -0.25) is 0 Å². The summed E-state index contributed by atoms with van der Waals surface area (Å²) >= 11 is 0. The third kappa shape index (κ3) is 4.40. The fourth-order valence-electron chi connectivity index (χ4n) is 2.57. The minimum atomic E-state index is 0.377. The Morgan fingerprint density at radius 2 is 2.25 bits per heavy atom. The lowest BCUT2D eigenvalue weighted by Crippen LogP contribution is -2.42. The average Bonchev–Trinajstić information content (AvgIpc) is 2.70. The van der Waals surface area contributed by atoms with Crippen LogP contribution in [0.3, 0.4) is 0 Å². The number of likely N-dealkylation sites (N-methyl/N-ethyl adjacent to an activating group) is 1. The van der Waals surface area contributed by atoms with Crippen LogP contribution in [-0.4, -0.2) is 51.3 Å². The maximum Gasteiger partial charge on any atom is 0.0702 e. The Bertz CT molecular complexity index is 192. The molecule has 0 aromatic rings. The Morgan fingerprint density at radius 1 is 1.50 bits per heavy atom. The molecule has 0 radical (unpaired) electrons. The second kappa shape index (κ2) is 6.58. The van der Waals surface area contributed by atoms with E-state index in [1.54, 1.807) is 0 Å². The summed E-state index contributed by atoms with van der Waals surface area (Å²) in [4.78, 5) is 2.43. The summed E-state index contributed by atoms with van der Waals surface area (Å²) < 4.78 is 5.67. The first-order valence-electron chi connectivity index (χ1n) is 6.54. The number of ether oxygens (including phenoxy) is 1. The zero-order valence-electron chi connectivity index (χ0n) is 11.4. The van der Waals surface area contributed by atoms with Crippen molar-refractivity contribution < 1.29 is 4.74 Å². The van der Waals surface area contributed by atoms with Crippen molar-refractivity contribution in [3.8, 4) is 0 Å². The fraction of sp³-hybridized carbons (Fsp3) is 1.00. The molecule has 1 N–H and O–H groups in total. The van der Waals surface area contributed by atoms with Crippen molar-refractivity contribution in [3.05, 3.63) is 0 Å². The van der Waals surface area contributed by atoms with Crippen molar-refractivity contribution in [1.29, 1.82) is 0 Å². The summed E-state index contributed by atoms with van der Waals surface area (Å²) in [6, 6.07) is 0. The van der Waals surface area contributed by atoms with Crippen LogP contribution in [0.1, 0.15) is 33.1 Å². The molecule has 0 bridgehead atoms. The predicted molar refractivity (Wildman–Crippen MR) is 68.8 cm³/mol. The highest BCUT2D eigenvalue weighted by molar-refractivity contribution is 4.79. The molecule has 16 heavy (non-hydrogen) atoms. The van der Waals surface area contributed by atoms with Gasteiger partial charge in [0.1, 0.15) is 0 Å². The summed E-state index contributed by atoms with van der Waals surface area (Å²) in [5.74, 6) is 0. The minimum absolute atomic E-state index is 0.377. The fourth-order valence-corrected chi connectivity index (χ4v) is 2.57. The van der Waals surface area contributed by atoms with Crippen LogP contribution in [0.15, 0.2) is 0 Å². The average molecular weight is 228 g/mol. The molecule has 2 atom stereocenters. The number of rotatable bonds is 7. The number of hydrogen-bond acceptors (Lipinski definition) is 3. The standard InChI is InChI=1S/C13H28N2O/c1-5-13(2,10-14-3)11-15(4)9-12-7-6-8-16-12/h12,14H,5-11H2,1-4H3. The number of nitrogens with one attached hydrogen (secondary N) is 1. The zero-order chi connectivity index (χ0) is 12.0. The predicted octanol–water partition coefficient (Wildman–Crippen LogP) is 1.73. The van der Waals surface area contributed by atoms with Gasteiger partial charge in [0.05, 0.1) is 6.10 Å². The molecule has 0 spiro atoms. The van der Waals surface area contributed by atoms with Crippen molar-refractivity contribution in [2.75, 3.05) is 40.3 Å². The van der Waals surface area contributed by atoms with Crippen LogP contribution < -0.4 is 5.32 Å². The van der Waals surface area contributed by atoms with E-state index in [0.717, 1.165) is 26.2 Å². The lowest BCUT2D eigenvalue weighted by molar-refractivity contribution is 0.0666. The van der Waals surface area contributed by atoms with Gasteiger partial charge >= 0.3 is 0 Å². The largest absolute Gasteiger partial charge is 0.377 e. The lowest BCUT2D eigenvalue weighted by atomic mass is 9.87. The van der Waals surface area contributed by atoms with Gasteiger partial charge in [0.25, 0.3) is 0 Å². The minimum Gasteiger partial charge on any atom is -0.377 e. The van der Waals surface area contributed by atoms with Gasteiger partial charge < -0.3 is 15.0 Å². The highest BCUT2D eigenvalue weighted by Crippen LogP contribution is 2.22. The van der Waals surface area contributed by atoms with Gasteiger partial charge in [0.15, 0.2) is 0 Å². The van der Waals surface area contributed by atoms with E-state index in [9.17, 15) is 0 Å². The molecule has 0 amide bonds. The number of nitrogens with zero attached hydrogens (tertiary/aromatic N) is 1. The highest BCUT2D eigenvalue weighted by atomic mass is 16.5. The van der Waals surface area contributed by atoms with Gasteiger partial charge in [-0.15, -0.1) is 0 Å². The van der Waals surface area contributed by atoms with Crippen LogP contribution >= 0.6 is 0 Å². The second-order valence-electron chi connectivity index (χ2n) is 5.53. The molecule has 3 nitrogen and oxygen atoms in total. The Kier molecular flexibility index (Phi) is 5.73. The maximum absolute atomic E-state index is 5.67. The van der Waals surface area contributed by atoms with Crippen molar-refractivity contribution in [2.24, 2.45) is 5.41 Å². The normalized spacial score (nSPS) is 24.9. The molecule has 1 heterocycles. The van der Waals surface area contributed by atoms with Crippen LogP contribution in [0, 0.1) is 5.41 Å². The van der Waals surface area contributed by atoms with Crippen molar-refractivity contribution in [1.82, 2.24) is 10.2 Å². The molecule has 0 aromatic heterocycles. The van der Waals surface area contributed by atoms with E-state index in [4.69, 9.17) is 4.74 Å². The molecular weight excluding hydrogens is 200 g/mol. The molecule has 0 aliphatic carbocycles. The quantitative estimate of drug-likeness (QED) is 0.718. The summed E-state index contributed by atoms with van der Waals surface area (Å²) in [6.07, 6.45) is 4.16. The molecule has 0 saturated carbocycles. The molecule has 3 heteroatoms. The first-order chi connectivity index (χ1) is 7.59. The van der Waals surface area contributed by atoms with Gasteiger partial charge in [0, 0.05) is 26.2 Å². The maximum atomic E-state index is 5.67. The van der Waals surface area contributed by atoms with E-state index in [2.05, 4.69) is 31.1 Å². The third-order valence-electron chi connectivity index (χ3n) is 3.65. The molecule has 1 aliphatic rings. The number of hydrogen-bond donors (Lipinski definition) is 1. The van der Waals surface area contributed by atoms with Crippen molar-refractivity contribution in [3.63, 3.8) is 0 Å². The molecule has 0 aromatic carbocycles. The summed E-state index contributed by atoms with van der Waals surface area (Å²) in [6.45, 7) is 8.90. The topological polar surface area (TPSA) is 24.5 Å². The Hall–Kier alpha value is -0.120. The van der Waals surface area contributed by atoms with Crippen molar-refractivity contribution in [2.45, 2.75) is 39.2 Å². The molecule has 96 valence electrons. The SMILES string of the molecule is CCC(C)(CNC)CN(C)CC1CCCO1. The van der Waals surface area contributed by atoms with E-state index in [1.165, 1.54) is 19.3 Å². The smallest absolute Gasteiger partial charge is 0.0702 e. The molecule has 1 aliphatic heterocycles. The molecule has 1 saturated heterocycles. The van der Waals surface area contributed by atoms with E-state index >= 15 is 0 Å². The highest BCUT2D eigenvalue weighted by Gasteiger charge is 2.25. The van der Waals surface area contributed by atoms with Crippen LogP contribution in [-0.2, 0) is 4.74 Å². The van der Waals surface area contributed by atoms with Crippen molar-refractivity contribution >= 4 is 0 Å². The van der Waals surface area contributed by atoms with E-state index in [0.29, 0.717) is 11.5 Å². The summed E-state index contributed by atoms with van der Waals surface area (Å²) in [5, 5.41) is 3.30. The van der Waals surface area contributed by atoms with Crippen LogP contribution in [0.5, 0.6) is 0 Å². The molecule has 1 rings (SSSR count). The molecule has 1 fully saturated rings. The third-order valence-corrected chi connectivity index (χ3v) is 3.65. The van der Waals surface area contributed by atoms with Crippen LogP contribution in [0.25, 0.3) is 0 Å². The monoisotopic (exact) mass is 228 g/mol. The Labute approximate surface area is 101 Å². The zero-order valence-corrected chi connectivity index (χ0v) is 11.4. The molecule has 2 unspecified atom stereocenters. The first-order valence-corrected chi connectivity index (χ1v) is 6.54. The van der Waals surface area contributed by atoms with Gasteiger partial charge in [-0.05, 0) is 38.8 Å². The Morgan fingerprint density at radius 3 is 2.75 bits per heavy atom. The van der Waals surface area contributed by atoms with E-state index in [1.807, 2.05) is 7.05 Å². The molecular formula is C13H28N2O. The first kappa shape index (κ1) is 13.9. The lowest BCUT2D eigenvalue weighted by Gasteiger charge is -2.33. The van der Waals surface area contributed by atoms with Gasteiger partial charge in [-0.2, -0.15) is 0 Å². The summed E-state index contributed by atoms with van der Waals surface area (Å²) in [7, 11) is 4.25. The van der Waals surface area contributed by atoms with E-state index in [-0.39, 0.29) is 0 Å². The Balaban J connectivity index is 2.32. The summed E-state index contributed by atoms with van der Waals surface area (Å²) in [5.41, 5.74) is 0.377. The van der Waals surface area contributed by atoms with Gasteiger partial charge in [-0.25, -0.2) is 0 Å². The second-order valence-corrected chi connectivity index (χ2v) is 5.53. The van der Waals surface area contributed by atoms with Crippen LogP contribution in [0.2, 0.25) is 0 Å². The van der Waals surface area contributed by atoms with Crippen LogP contribution in [0.4, 0.5) is 0 Å². The van der Waals surface area contributed by atoms with Gasteiger partial charge in [0.2, 0.25) is 0 Å².